The zero-order valence-electron chi connectivity index (χ0n) is 13.9. The molecule has 0 N–H and O–H groups in total. The van der Waals surface area contributed by atoms with Crippen molar-refractivity contribution in [3.63, 3.8) is 0 Å². The maximum atomic E-state index is 12.8. The van der Waals surface area contributed by atoms with Crippen molar-refractivity contribution in [2.45, 2.75) is 58.3 Å². The van der Waals surface area contributed by atoms with Gasteiger partial charge in [0.1, 0.15) is 0 Å². The standard InChI is InChI=1S/C18H30N2O2/c1-2-14-5-3-10-19(12-9-14)18(22)16-6-4-11-20(13-16)17(21)15-7-8-15/h14-16H,2-13H2,1H3/t14-,16-/m0/s1. The smallest absolute Gasteiger partial charge is 0.227 e. The van der Waals surface area contributed by atoms with Gasteiger partial charge in [-0.25, -0.2) is 0 Å². The second-order valence-corrected chi connectivity index (χ2v) is 7.43. The van der Waals surface area contributed by atoms with E-state index in [0.717, 1.165) is 64.1 Å². The van der Waals surface area contributed by atoms with Crippen molar-refractivity contribution < 1.29 is 9.59 Å². The Bertz CT molecular complexity index is 419. The van der Waals surface area contributed by atoms with Crippen molar-refractivity contribution in [1.82, 2.24) is 9.80 Å². The van der Waals surface area contributed by atoms with Gasteiger partial charge in [-0.1, -0.05) is 13.3 Å². The molecule has 22 heavy (non-hydrogen) atoms. The molecule has 1 saturated carbocycles. The maximum Gasteiger partial charge on any atom is 0.227 e. The quantitative estimate of drug-likeness (QED) is 0.804. The fraction of sp³-hybridized carbons (Fsp3) is 0.889. The highest BCUT2D eigenvalue weighted by atomic mass is 16.2. The van der Waals surface area contributed by atoms with Crippen molar-refractivity contribution >= 4 is 11.8 Å². The van der Waals surface area contributed by atoms with E-state index in [9.17, 15) is 9.59 Å². The minimum atomic E-state index is 0.0506. The molecule has 2 saturated heterocycles. The number of amides is 2. The molecule has 0 aromatic rings. The van der Waals surface area contributed by atoms with E-state index >= 15 is 0 Å². The monoisotopic (exact) mass is 306 g/mol. The van der Waals surface area contributed by atoms with Crippen molar-refractivity contribution in [2.75, 3.05) is 26.2 Å². The molecule has 2 atom stereocenters. The zero-order chi connectivity index (χ0) is 15.5. The molecule has 1 aliphatic carbocycles. The fourth-order valence-electron chi connectivity index (χ4n) is 4.02. The molecule has 0 bridgehead atoms. The summed E-state index contributed by atoms with van der Waals surface area (Å²) in [6.07, 6.45) is 8.84. The predicted octanol–water partition coefficient (Wildman–Crippen LogP) is 2.67. The largest absolute Gasteiger partial charge is 0.342 e. The molecule has 3 fully saturated rings. The number of likely N-dealkylation sites (tertiary alicyclic amines) is 2. The lowest BCUT2D eigenvalue weighted by atomic mass is 9.95. The summed E-state index contributed by atoms with van der Waals surface area (Å²) in [5.41, 5.74) is 0. The van der Waals surface area contributed by atoms with Gasteiger partial charge in [0.25, 0.3) is 0 Å². The highest BCUT2D eigenvalue weighted by Crippen LogP contribution is 2.33. The highest BCUT2D eigenvalue weighted by Gasteiger charge is 2.37. The number of carbonyl (C=O) groups excluding carboxylic acids is 2. The molecule has 0 radical (unpaired) electrons. The molecule has 4 nitrogen and oxygen atoms in total. The summed E-state index contributed by atoms with van der Waals surface area (Å²) in [5.74, 6) is 1.73. The average molecular weight is 306 g/mol. The molecule has 4 heteroatoms. The van der Waals surface area contributed by atoms with E-state index in [1.54, 1.807) is 0 Å². The van der Waals surface area contributed by atoms with Gasteiger partial charge in [-0.15, -0.1) is 0 Å². The second-order valence-electron chi connectivity index (χ2n) is 7.43. The SMILES string of the molecule is CC[C@H]1CCCN(C(=O)[C@H]2CCCN(C(=O)C3CC3)C2)CC1. The van der Waals surface area contributed by atoms with Crippen molar-refractivity contribution in [3.8, 4) is 0 Å². The summed E-state index contributed by atoms with van der Waals surface area (Å²) in [4.78, 5) is 29.1. The third-order valence-electron chi connectivity index (χ3n) is 5.75. The third-order valence-corrected chi connectivity index (χ3v) is 5.75. The van der Waals surface area contributed by atoms with Crippen LogP contribution in [0.15, 0.2) is 0 Å². The van der Waals surface area contributed by atoms with Gasteiger partial charge in [-0.3, -0.25) is 9.59 Å². The van der Waals surface area contributed by atoms with Crippen LogP contribution in [-0.2, 0) is 9.59 Å². The number of rotatable bonds is 3. The first-order valence-electron chi connectivity index (χ1n) is 9.26. The summed E-state index contributed by atoms with van der Waals surface area (Å²) >= 11 is 0. The first-order valence-corrected chi connectivity index (χ1v) is 9.26. The molecule has 3 rings (SSSR count). The van der Waals surface area contributed by atoms with Crippen molar-refractivity contribution in [2.24, 2.45) is 17.8 Å². The van der Waals surface area contributed by atoms with Gasteiger partial charge >= 0.3 is 0 Å². The van der Waals surface area contributed by atoms with E-state index in [0.29, 0.717) is 18.4 Å². The predicted molar refractivity (Wildman–Crippen MR) is 86.2 cm³/mol. The molecule has 0 aromatic heterocycles. The van der Waals surface area contributed by atoms with Crippen LogP contribution >= 0.6 is 0 Å². The lowest BCUT2D eigenvalue weighted by molar-refractivity contribution is -0.141. The third kappa shape index (κ3) is 3.64. The van der Waals surface area contributed by atoms with Crippen LogP contribution in [-0.4, -0.2) is 47.8 Å². The van der Waals surface area contributed by atoms with Gasteiger partial charge in [-0.05, 0) is 50.9 Å². The van der Waals surface area contributed by atoms with E-state index in [1.807, 2.05) is 4.90 Å². The van der Waals surface area contributed by atoms with E-state index < -0.39 is 0 Å². The summed E-state index contributed by atoms with van der Waals surface area (Å²) in [6, 6.07) is 0. The van der Waals surface area contributed by atoms with E-state index in [1.165, 1.54) is 12.8 Å². The molecule has 0 aromatic carbocycles. The average Bonchev–Trinajstić information content (AvgIpc) is 3.39. The molecule has 124 valence electrons. The van der Waals surface area contributed by atoms with Gasteiger partial charge in [0.05, 0.1) is 5.92 Å². The molecule has 2 amide bonds. The molecular weight excluding hydrogens is 276 g/mol. The maximum absolute atomic E-state index is 12.8. The molecular formula is C18H30N2O2. The van der Waals surface area contributed by atoms with Crippen LogP contribution < -0.4 is 0 Å². The number of hydrogen-bond acceptors (Lipinski definition) is 2. The molecule has 3 aliphatic rings. The topological polar surface area (TPSA) is 40.6 Å². The Morgan fingerprint density at radius 2 is 1.50 bits per heavy atom. The Hall–Kier alpha value is -1.06. The summed E-state index contributed by atoms with van der Waals surface area (Å²) in [6.45, 7) is 5.62. The minimum absolute atomic E-state index is 0.0506. The van der Waals surface area contributed by atoms with Gasteiger partial charge in [-0.2, -0.15) is 0 Å². The van der Waals surface area contributed by atoms with Crippen LogP contribution in [0.1, 0.15) is 58.3 Å². The van der Waals surface area contributed by atoms with Crippen LogP contribution in [0.25, 0.3) is 0 Å². The Kier molecular flexibility index (Phi) is 5.04. The van der Waals surface area contributed by atoms with Gasteiger partial charge in [0.2, 0.25) is 11.8 Å². The van der Waals surface area contributed by atoms with E-state index in [2.05, 4.69) is 11.8 Å². The number of carbonyl (C=O) groups is 2. The Labute approximate surface area is 134 Å². The van der Waals surface area contributed by atoms with Crippen LogP contribution in [0.4, 0.5) is 0 Å². The van der Waals surface area contributed by atoms with E-state index in [4.69, 9.17) is 0 Å². The molecule has 0 unspecified atom stereocenters. The Morgan fingerprint density at radius 1 is 0.818 bits per heavy atom. The molecule has 0 spiro atoms. The first kappa shape index (κ1) is 15.8. The lowest BCUT2D eigenvalue weighted by Crippen LogP contribution is -2.47. The van der Waals surface area contributed by atoms with Gasteiger partial charge in [0, 0.05) is 32.1 Å². The molecule has 2 aliphatic heterocycles. The van der Waals surface area contributed by atoms with Crippen molar-refractivity contribution in [3.05, 3.63) is 0 Å². The first-order chi connectivity index (χ1) is 10.7. The Balaban J connectivity index is 1.55. The van der Waals surface area contributed by atoms with Gasteiger partial charge in [0.15, 0.2) is 0 Å². The lowest BCUT2D eigenvalue weighted by Gasteiger charge is -2.35. The van der Waals surface area contributed by atoms with Crippen molar-refractivity contribution in [1.29, 1.82) is 0 Å². The van der Waals surface area contributed by atoms with Crippen LogP contribution in [0, 0.1) is 17.8 Å². The van der Waals surface area contributed by atoms with Crippen LogP contribution in [0.2, 0.25) is 0 Å². The van der Waals surface area contributed by atoms with Gasteiger partial charge < -0.3 is 9.80 Å². The zero-order valence-corrected chi connectivity index (χ0v) is 13.9. The minimum Gasteiger partial charge on any atom is -0.342 e. The van der Waals surface area contributed by atoms with Crippen LogP contribution in [0.3, 0.4) is 0 Å². The summed E-state index contributed by atoms with van der Waals surface area (Å²) < 4.78 is 0. The number of nitrogens with zero attached hydrogens (tertiary/aromatic N) is 2. The normalized spacial score (nSPS) is 30.0. The summed E-state index contributed by atoms with van der Waals surface area (Å²) in [7, 11) is 0. The van der Waals surface area contributed by atoms with Crippen LogP contribution in [0.5, 0.6) is 0 Å². The van der Waals surface area contributed by atoms with E-state index in [-0.39, 0.29) is 11.8 Å². The second kappa shape index (κ2) is 7.01. The highest BCUT2D eigenvalue weighted by molar-refractivity contribution is 5.83. The Morgan fingerprint density at radius 3 is 2.23 bits per heavy atom. The molecule has 2 heterocycles. The fourth-order valence-corrected chi connectivity index (χ4v) is 4.02. The number of piperidine rings is 1. The summed E-state index contributed by atoms with van der Waals surface area (Å²) in [5, 5.41) is 0. The number of hydrogen-bond donors (Lipinski definition) is 0.